The lowest BCUT2D eigenvalue weighted by Crippen LogP contribution is -2.66. The number of carbonyl (C=O) groups excluding carboxylic acids is 3. The van der Waals surface area contributed by atoms with Gasteiger partial charge in [0.1, 0.15) is 12.1 Å². The van der Waals surface area contributed by atoms with Crippen molar-refractivity contribution in [3.63, 3.8) is 0 Å². The first-order valence-corrected chi connectivity index (χ1v) is 19.9. The number of piperidine rings is 1. The van der Waals surface area contributed by atoms with Crippen LogP contribution in [0.2, 0.25) is 0 Å². The minimum Gasteiger partial charge on any atom is -0.463 e. The number of carbonyl (C=O) groups is 3. The summed E-state index contributed by atoms with van der Waals surface area (Å²) in [4.78, 5) is 41.5. The fourth-order valence-corrected chi connectivity index (χ4v) is 10.3. The van der Waals surface area contributed by atoms with Crippen LogP contribution in [-0.2, 0) is 19.1 Å². The van der Waals surface area contributed by atoms with E-state index in [9.17, 15) is 24.8 Å². The van der Waals surface area contributed by atoms with Crippen LogP contribution in [0.5, 0.6) is 0 Å². The van der Waals surface area contributed by atoms with Gasteiger partial charge in [-0.05, 0) is 75.5 Å². The number of nitriles is 1. The molecule has 2 unspecified atom stereocenters. The van der Waals surface area contributed by atoms with Crippen LogP contribution in [0.4, 0.5) is 0 Å². The van der Waals surface area contributed by atoms with Gasteiger partial charge >= 0.3 is 5.97 Å². The third kappa shape index (κ3) is 9.86. The summed E-state index contributed by atoms with van der Waals surface area (Å²) < 4.78 is 5.36. The van der Waals surface area contributed by atoms with Crippen LogP contribution >= 0.6 is 0 Å². The van der Waals surface area contributed by atoms with E-state index in [2.05, 4.69) is 18.3 Å². The summed E-state index contributed by atoms with van der Waals surface area (Å²) >= 11 is 0. The van der Waals surface area contributed by atoms with Crippen molar-refractivity contribution >= 4 is 17.8 Å². The SMILES string of the molecule is CCCCCCCCCCCCCCCCCCOC(=O)/C=C/C(=O)N[C@@H](C(=O)N1[C@H](C#N)C[C@@H]2C[C@@H]21)C12C[C@@H]3C[C@@H](CC(O)(C3)C1)C2. The molecule has 0 aromatic carbocycles. The van der Waals surface area contributed by atoms with Gasteiger partial charge in [-0.3, -0.25) is 9.59 Å². The fourth-order valence-electron chi connectivity index (χ4n) is 10.3. The van der Waals surface area contributed by atoms with Gasteiger partial charge in [0.25, 0.3) is 0 Å². The van der Waals surface area contributed by atoms with E-state index in [4.69, 9.17) is 4.74 Å². The lowest BCUT2D eigenvalue weighted by Gasteiger charge is -2.62. The highest BCUT2D eigenvalue weighted by Gasteiger charge is 2.63. The van der Waals surface area contributed by atoms with Crippen LogP contribution in [0.1, 0.15) is 161 Å². The van der Waals surface area contributed by atoms with E-state index in [0.717, 1.165) is 63.9 Å². The minimum absolute atomic E-state index is 0.0774. The van der Waals surface area contributed by atoms with Gasteiger partial charge in [-0.25, -0.2) is 4.79 Å². The van der Waals surface area contributed by atoms with Crippen LogP contribution in [0.25, 0.3) is 0 Å². The molecule has 6 fully saturated rings. The monoisotopic (exact) mass is 665 g/mol. The summed E-state index contributed by atoms with van der Waals surface area (Å²) in [7, 11) is 0. The Morgan fingerprint density at radius 2 is 1.40 bits per heavy atom. The minimum atomic E-state index is -0.816. The van der Waals surface area contributed by atoms with Gasteiger partial charge in [-0.2, -0.15) is 5.26 Å². The van der Waals surface area contributed by atoms with Gasteiger partial charge in [-0.15, -0.1) is 0 Å². The van der Waals surface area contributed by atoms with Gasteiger partial charge in [0.15, 0.2) is 0 Å². The van der Waals surface area contributed by atoms with Gasteiger partial charge in [0.2, 0.25) is 11.8 Å². The van der Waals surface area contributed by atoms with Gasteiger partial charge in [-0.1, -0.05) is 103 Å². The van der Waals surface area contributed by atoms with Crippen LogP contribution in [0, 0.1) is 34.5 Å². The molecule has 0 aromatic heterocycles. The van der Waals surface area contributed by atoms with E-state index in [1.54, 1.807) is 4.90 Å². The molecule has 6 aliphatic rings. The number of hydrogen-bond acceptors (Lipinski definition) is 6. The second-order valence-electron chi connectivity index (χ2n) is 16.5. The van der Waals surface area contributed by atoms with Crippen molar-refractivity contribution in [3.05, 3.63) is 12.2 Å². The largest absolute Gasteiger partial charge is 0.463 e. The summed E-state index contributed by atoms with van der Waals surface area (Å²) in [5, 5.41) is 24.2. The Morgan fingerprint density at radius 3 is 1.94 bits per heavy atom. The van der Waals surface area contributed by atoms with Crippen molar-refractivity contribution in [2.75, 3.05) is 6.61 Å². The molecule has 8 atom stereocenters. The molecule has 0 aromatic rings. The highest BCUT2D eigenvalue weighted by molar-refractivity contribution is 5.97. The smallest absolute Gasteiger partial charge is 0.330 e. The molecule has 5 saturated carbocycles. The first kappa shape index (κ1) is 36.9. The number of fused-ring (bicyclic) bond motifs is 1. The molecule has 2 amide bonds. The van der Waals surface area contributed by atoms with E-state index < -0.39 is 35.0 Å². The van der Waals surface area contributed by atoms with Gasteiger partial charge in [0, 0.05) is 23.6 Å². The zero-order chi connectivity index (χ0) is 34.0. The number of hydrogen-bond donors (Lipinski definition) is 2. The van der Waals surface area contributed by atoms with Crippen LogP contribution < -0.4 is 5.32 Å². The van der Waals surface area contributed by atoms with Crippen LogP contribution in [0.15, 0.2) is 12.2 Å². The maximum Gasteiger partial charge on any atom is 0.330 e. The second-order valence-corrected chi connectivity index (χ2v) is 16.5. The Balaban J connectivity index is 0.982. The molecule has 1 aliphatic heterocycles. The van der Waals surface area contributed by atoms with Gasteiger partial charge in [0.05, 0.1) is 18.3 Å². The molecular formula is C40H63N3O5. The highest BCUT2D eigenvalue weighted by atomic mass is 16.5. The highest BCUT2D eigenvalue weighted by Crippen LogP contribution is 2.63. The summed E-state index contributed by atoms with van der Waals surface area (Å²) in [6.07, 6.45) is 29.2. The number of ether oxygens (including phenoxy) is 1. The van der Waals surface area contributed by atoms with E-state index in [0.29, 0.717) is 37.2 Å². The molecular weight excluding hydrogens is 602 g/mol. The Morgan fingerprint density at radius 1 is 0.833 bits per heavy atom. The Hall–Kier alpha value is -2.40. The van der Waals surface area contributed by atoms with E-state index in [1.807, 2.05) is 0 Å². The molecule has 4 bridgehead atoms. The molecule has 0 spiro atoms. The number of nitrogens with zero attached hydrogens (tertiary/aromatic N) is 2. The van der Waals surface area contributed by atoms with Crippen molar-refractivity contribution in [2.24, 2.45) is 23.2 Å². The molecule has 8 nitrogen and oxygen atoms in total. The normalized spacial score (nSPS) is 31.9. The molecule has 5 aliphatic carbocycles. The molecule has 268 valence electrons. The average molecular weight is 666 g/mol. The second kappa shape index (κ2) is 17.5. The van der Waals surface area contributed by atoms with Crippen LogP contribution in [0.3, 0.4) is 0 Å². The van der Waals surface area contributed by atoms with E-state index in [-0.39, 0.29) is 11.9 Å². The molecule has 1 saturated heterocycles. The zero-order valence-corrected chi connectivity index (χ0v) is 29.8. The van der Waals surface area contributed by atoms with Crippen molar-refractivity contribution < 1.29 is 24.2 Å². The van der Waals surface area contributed by atoms with Crippen LogP contribution in [-0.4, -0.2) is 58.1 Å². The predicted octanol–water partition coefficient (Wildman–Crippen LogP) is 7.68. The summed E-state index contributed by atoms with van der Waals surface area (Å²) in [5.74, 6) is -0.182. The lowest BCUT2D eigenvalue weighted by molar-refractivity contribution is -0.181. The Bertz CT molecular complexity index is 1150. The number of nitrogens with one attached hydrogen (secondary N) is 1. The van der Waals surface area contributed by atoms with Crippen molar-refractivity contribution in [1.82, 2.24) is 10.2 Å². The first-order chi connectivity index (χ1) is 23.3. The quantitative estimate of drug-likeness (QED) is 0.0696. The third-order valence-electron chi connectivity index (χ3n) is 12.3. The Kier molecular flexibility index (Phi) is 13.4. The average Bonchev–Trinajstić information content (AvgIpc) is 3.71. The predicted molar refractivity (Wildman–Crippen MR) is 186 cm³/mol. The topological polar surface area (TPSA) is 120 Å². The number of rotatable bonds is 22. The van der Waals surface area contributed by atoms with Crippen molar-refractivity contribution in [2.45, 2.75) is 185 Å². The molecule has 2 N–H and O–H groups in total. The fraction of sp³-hybridized carbons (Fsp3) is 0.850. The third-order valence-corrected chi connectivity index (χ3v) is 12.3. The molecule has 0 radical (unpaired) electrons. The number of amides is 2. The first-order valence-electron chi connectivity index (χ1n) is 19.9. The Labute approximate surface area is 289 Å². The number of unbranched alkanes of at least 4 members (excludes halogenated alkanes) is 15. The molecule has 8 heteroatoms. The van der Waals surface area contributed by atoms with E-state index >= 15 is 0 Å². The lowest BCUT2D eigenvalue weighted by atomic mass is 9.46. The standard InChI is InChI=1S/C40H63N3O5/c1-2-3-4-5-6-7-8-9-10-11-12-13-14-15-16-17-20-48-36(45)19-18-35(44)42-37(38(46)43-33(28-41)22-32-23-34(32)43)39-24-30-21-31(25-39)27-40(47,26-30)29-39/h18-19,30-34,37,47H,2-17,20-27,29H2,1H3,(H,42,44)/b19-18+/t30-,31+,32-,33+,34+,37+,39?,40?/m1/s1. The maximum atomic E-state index is 14.2. The molecule has 6 rings (SSSR count). The summed E-state index contributed by atoms with van der Waals surface area (Å²) in [5.41, 5.74) is -1.32. The van der Waals surface area contributed by atoms with Gasteiger partial charge < -0.3 is 20.1 Å². The number of likely N-dealkylation sites (tertiary alicyclic amines) is 1. The summed E-state index contributed by atoms with van der Waals surface area (Å²) in [6, 6.07) is 1.11. The van der Waals surface area contributed by atoms with Crippen molar-refractivity contribution in [1.29, 1.82) is 5.26 Å². The number of aliphatic hydroxyl groups is 1. The molecule has 48 heavy (non-hydrogen) atoms. The molecule has 1 heterocycles. The zero-order valence-electron chi connectivity index (χ0n) is 29.8. The van der Waals surface area contributed by atoms with Crippen molar-refractivity contribution in [3.8, 4) is 6.07 Å². The number of esters is 1. The van der Waals surface area contributed by atoms with E-state index in [1.165, 1.54) is 89.5 Å². The summed E-state index contributed by atoms with van der Waals surface area (Å²) in [6.45, 7) is 2.60. The maximum absolute atomic E-state index is 14.2.